The summed E-state index contributed by atoms with van der Waals surface area (Å²) in [5.74, 6) is 2.02. The molecular weight excluding hydrogens is 272 g/mol. The third-order valence-electron chi connectivity index (χ3n) is 2.86. The second kappa shape index (κ2) is 7.89. The third kappa shape index (κ3) is 5.33. The molecule has 0 N–H and O–H groups in total. The van der Waals surface area contributed by atoms with Crippen molar-refractivity contribution in [3.63, 3.8) is 0 Å². The Bertz CT molecular complexity index is 669. The van der Waals surface area contributed by atoms with E-state index < -0.39 is 0 Å². The van der Waals surface area contributed by atoms with Crippen molar-refractivity contribution < 1.29 is 9.47 Å². The molecule has 2 aromatic carbocycles. The van der Waals surface area contributed by atoms with Crippen LogP contribution < -0.4 is 9.47 Å². The molecule has 22 heavy (non-hydrogen) atoms. The molecule has 0 spiro atoms. The van der Waals surface area contributed by atoms with Crippen LogP contribution in [-0.4, -0.2) is 0 Å². The van der Waals surface area contributed by atoms with Crippen LogP contribution in [0.4, 0.5) is 0 Å². The van der Waals surface area contributed by atoms with Crippen molar-refractivity contribution >= 4 is 0 Å². The largest absolute Gasteiger partial charge is 0.489 e. The molecule has 0 heterocycles. The lowest BCUT2D eigenvalue weighted by atomic mass is 10.2. The van der Waals surface area contributed by atoms with Crippen molar-refractivity contribution in [1.82, 2.24) is 0 Å². The first-order valence-corrected chi connectivity index (χ1v) is 7.10. The number of rotatable bonds is 7. The van der Waals surface area contributed by atoms with Gasteiger partial charge in [0, 0.05) is 6.07 Å². The highest BCUT2D eigenvalue weighted by molar-refractivity contribution is 5.35. The molecule has 0 aliphatic rings. The quantitative estimate of drug-likeness (QED) is 0.510. The Morgan fingerprint density at radius 1 is 0.955 bits per heavy atom. The van der Waals surface area contributed by atoms with Crippen molar-refractivity contribution in [2.24, 2.45) is 0 Å². The van der Waals surface area contributed by atoms with Crippen molar-refractivity contribution in [1.29, 1.82) is 0 Å². The minimum absolute atomic E-state index is 0.529. The van der Waals surface area contributed by atoms with Gasteiger partial charge in [0.25, 0.3) is 0 Å². The first-order chi connectivity index (χ1) is 10.6. The molecule has 2 heteroatoms. The maximum atomic E-state index is 5.77. The molecular formula is C20H20O2. The molecule has 0 amide bonds. The highest BCUT2D eigenvalue weighted by atomic mass is 16.5. The maximum Gasteiger partial charge on any atom is 0.131 e. The second-order valence-electron chi connectivity index (χ2n) is 5.00. The summed E-state index contributed by atoms with van der Waals surface area (Å²) >= 11 is 0. The Balaban J connectivity index is 1.95. The zero-order valence-electron chi connectivity index (χ0n) is 12.8. The van der Waals surface area contributed by atoms with E-state index in [1.54, 1.807) is 6.08 Å². The predicted octanol–water partition coefficient (Wildman–Crippen LogP) is 5.29. The van der Waals surface area contributed by atoms with Gasteiger partial charge >= 0.3 is 0 Å². The summed E-state index contributed by atoms with van der Waals surface area (Å²) < 4.78 is 11.4. The second-order valence-corrected chi connectivity index (χ2v) is 5.00. The van der Waals surface area contributed by atoms with E-state index in [2.05, 4.69) is 13.2 Å². The van der Waals surface area contributed by atoms with Gasteiger partial charge in [-0.2, -0.15) is 0 Å². The number of hydrogen-bond donors (Lipinski definition) is 0. The highest BCUT2D eigenvalue weighted by Crippen LogP contribution is 2.22. The molecule has 0 atom stereocenters. The summed E-state index contributed by atoms with van der Waals surface area (Å²) in [6.07, 6.45) is 3.65. The lowest BCUT2D eigenvalue weighted by Gasteiger charge is -2.09. The fourth-order valence-corrected chi connectivity index (χ4v) is 1.79. The van der Waals surface area contributed by atoms with Gasteiger partial charge in [0.2, 0.25) is 0 Å². The number of hydrogen-bond acceptors (Lipinski definition) is 2. The molecule has 2 aromatic rings. The van der Waals surface area contributed by atoms with E-state index >= 15 is 0 Å². The van der Waals surface area contributed by atoms with Gasteiger partial charge in [-0.15, -0.1) is 0 Å². The van der Waals surface area contributed by atoms with Crippen LogP contribution in [-0.2, 0) is 6.61 Å². The Hall–Kier alpha value is -2.74. The standard InChI is InChI=1S/C20H20O2/c1-16(2)12-13-17(3)22-20-11-7-10-19(14-20)21-15-18-8-5-4-6-9-18/h4-14H,1,3,15H2,2H3/b13-12-. The zero-order chi connectivity index (χ0) is 15.8. The first-order valence-electron chi connectivity index (χ1n) is 7.10. The van der Waals surface area contributed by atoms with Gasteiger partial charge in [-0.25, -0.2) is 0 Å². The molecule has 0 aliphatic heterocycles. The molecule has 0 aliphatic carbocycles. The summed E-state index contributed by atoms with van der Waals surface area (Å²) in [6, 6.07) is 17.6. The Labute approximate surface area is 132 Å². The van der Waals surface area contributed by atoms with Gasteiger partial charge in [-0.05, 0) is 30.7 Å². The molecule has 0 saturated carbocycles. The van der Waals surface area contributed by atoms with E-state index in [1.165, 1.54) is 0 Å². The summed E-state index contributed by atoms with van der Waals surface area (Å²) in [5.41, 5.74) is 2.08. The molecule has 0 unspecified atom stereocenters. The van der Waals surface area contributed by atoms with Crippen LogP contribution in [0, 0.1) is 0 Å². The molecule has 0 aromatic heterocycles. The van der Waals surface area contributed by atoms with Crippen LogP contribution >= 0.6 is 0 Å². The monoisotopic (exact) mass is 292 g/mol. The fraction of sp³-hybridized carbons (Fsp3) is 0.100. The van der Waals surface area contributed by atoms with E-state index in [9.17, 15) is 0 Å². The van der Waals surface area contributed by atoms with Crippen LogP contribution in [0.5, 0.6) is 11.5 Å². The molecule has 0 saturated heterocycles. The topological polar surface area (TPSA) is 18.5 Å². The van der Waals surface area contributed by atoms with E-state index in [1.807, 2.05) is 67.6 Å². The number of ether oxygens (including phenoxy) is 2. The molecule has 0 bridgehead atoms. The van der Waals surface area contributed by atoms with Gasteiger partial charge in [-0.3, -0.25) is 0 Å². The van der Waals surface area contributed by atoms with Crippen LogP contribution in [0.3, 0.4) is 0 Å². The van der Waals surface area contributed by atoms with Crippen molar-refractivity contribution in [3.05, 3.63) is 96.8 Å². The normalized spacial score (nSPS) is 10.4. The lowest BCUT2D eigenvalue weighted by molar-refractivity contribution is 0.304. The predicted molar refractivity (Wildman–Crippen MR) is 90.9 cm³/mol. The molecule has 0 radical (unpaired) electrons. The van der Waals surface area contributed by atoms with Crippen molar-refractivity contribution in [2.75, 3.05) is 0 Å². The number of benzene rings is 2. The fourth-order valence-electron chi connectivity index (χ4n) is 1.79. The maximum absolute atomic E-state index is 5.77. The summed E-state index contributed by atoms with van der Waals surface area (Å²) in [4.78, 5) is 0. The van der Waals surface area contributed by atoms with Gasteiger partial charge in [0.15, 0.2) is 0 Å². The summed E-state index contributed by atoms with van der Waals surface area (Å²) in [5, 5.41) is 0. The zero-order valence-corrected chi connectivity index (χ0v) is 12.8. The summed E-state index contributed by atoms with van der Waals surface area (Å²) in [7, 11) is 0. The van der Waals surface area contributed by atoms with Gasteiger partial charge < -0.3 is 9.47 Å². The average Bonchev–Trinajstić information content (AvgIpc) is 2.52. The Kier molecular flexibility index (Phi) is 5.61. The summed E-state index contributed by atoms with van der Waals surface area (Å²) in [6.45, 7) is 10.1. The smallest absolute Gasteiger partial charge is 0.131 e. The van der Waals surface area contributed by atoms with Gasteiger partial charge in [0.05, 0.1) is 0 Å². The third-order valence-corrected chi connectivity index (χ3v) is 2.86. The Morgan fingerprint density at radius 3 is 2.41 bits per heavy atom. The van der Waals surface area contributed by atoms with Crippen LogP contribution in [0.15, 0.2) is 91.2 Å². The minimum atomic E-state index is 0.529. The van der Waals surface area contributed by atoms with E-state index in [-0.39, 0.29) is 0 Å². The Morgan fingerprint density at radius 2 is 1.68 bits per heavy atom. The molecule has 2 nitrogen and oxygen atoms in total. The van der Waals surface area contributed by atoms with Crippen LogP contribution in [0.2, 0.25) is 0 Å². The van der Waals surface area contributed by atoms with E-state index in [4.69, 9.17) is 9.47 Å². The average molecular weight is 292 g/mol. The minimum Gasteiger partial charge on any atom is -0.489 e. The van der Waals surface area contributed by atoms with Crippen molar-refractivity contribution in [3.8, 4) is 11.5 Å². The SMILES string of the molecule is C=C(C)/C=C\C(=C)Oc1cccc(OCc2ccccc2)c1. The van der Waals surface area contributed by atoms with E-state index in [0.29, 0.717) is 18.1 Å². The van der Waals surface area contributed by atoms with Gasteiger partial charge in [-0.1, -0.05) is 61.2 Å². The molecule has 0 fully saturated rings. The van der Waals surface area contributed by atoms with Crippen LogP contribution in [0.1, 0.15) is 12.5 Å². The number of allylic oxidation sites excluding steroid dienone is 3. The molecule has 112 valence electrons. The van der Waals surface area contributed by atoms with Crippen LogP contribution in [0.25, 0.3) is 0 Å². The lowest BCUT2D eigenvalue weighted by Crippen LogP contribution is -1.96. The first kappa shape index (κ1) is 15.6. The molecule has 2 rings (SSSR count). The van der Waals surface area contributed by atoms with E-state index in [0.717, 1.165) is 16.9 Å². The highest BCUT2D eigenvalue weighted by Gasteiger charge is 2.00. The van der Waals surface area contributed by atoms with Crippen molar-refractivity contribution in [2.45, 2.75) is 13.5 Å². The van der Waals surface area contributed by atoms with Gasteiger partial charge in [0.1, 0.15) is 23.9 Å².